The van der Waals surface area contributed by atoms with Gasteiger partial charge in [-0.15, -0.1) is 0 Å². The third-order valence-corrected chi connectivity index (χ3v) is 5.07. The van der Waals surface area contributed by atoms with Crippen LogP contribution in [-0.2, 0) is 10.0 Å². The molecule has 0 aliphatic heterocycles. The molecule has 1 aromatic heterocycles. The molecular formula is C18H14F2N2O2S. The Morgan fingerprint density at radius 1 is 0.840 bits per heavy atom. The van der Waals surface area contributed by atoms with Crippen molar-refractivity contribution in [3.8, 4) is 0 Å². The predicted molar refractivity (Wildman–Crippen MR) is 89.2 cm³/mol. The van der Waals surface area contributed by atoms with Crippen molar-refractivity contribution in [3.63, 3.8) is 0 Å². The number of pyridine rings is 1. The first kappa shape index (κ1) is 17.2. The van der Waals surface area contributed by atoms with Crippen LogP contribution >= 0.6 is 0 Å². The number of nitrogens with zero attached hydrogens (tertiary/aromatic N) is 1. The molecule has 0 bridgehead atoms. The van der Waals surface area contributed by atoms with E-state index < -0.39 is 27.7 Å². The Kier molecular flexibility index (Phi) is 4.87. The molecule has 0 radical (unpaired) electrons. The number of nitrogens with one attached hydrogen (secondary N) is 1. The normalized spacial score (nSPS) is 12.7. The first-order valence-corrected chi connectivity index (χ1v) is 8.88. The van der Waals surface area contributed by atoms with E-state index in [0.717, 1.165) is 12.1 Å². The number of aromatic nitrogens is 1. The molecule has 128 valence electrons. The standard InChI is InChI=1S/C18H14F2N2O2S/c19-16-7-6-15(12-17(16)20)25(23,24)22-18(13-4-2-1-3-5-13)14-8-10-21-11-9-14/h1-12,18,22H. The van der Waals surface area contributed by atoms with Crippen LogP contribution in [0.4, 0.5) is 8.78 Å². The van der Waals surface area contributed by atoms with Gasteiger partial charge in [0, 0.05) is 12.4 Å². The zero-order valence-electron chi connectivity index (χ0n) is 12.9. The Morgan fingerprint density at radius 2 is 1.48 bits per heavy atom. The monoisotopic (exact) mass is 360 g/mol. The van der Waals surface area contributed by atoms with Gasteiger partial charge < -0.3 is 0 Å². The summed E-state index contributed by atoms with van der Waals surface area (Å²) < 4.78 is 54.3. The summed E-state index contributed by atoms with van der Waals surface area (Å²) in [5, 5.41) is 0. The molecule has 0 fully saturated rings. The largest absolute Gasteiger partial charge is 0.265 e. The van der Waals surface area contributed by atoms with Crippen molar-refractivity contribution in [1.29, 1.82) is 0 Å². The van der Waals surface area contributed by atoms with Gasteiger partial charge in [0.2, 0.25) is 10.0 Å². The van der Waals surface area contributed by atoms with Crippen molar-refractivity contribution in [2.45, 2.75) is 10.9 Å². The van der Waals surface area contributed by atoms with E-state index in [-0.39, 0.29) is 4.90 Å². The Labute approximate surface area is 144 Å². The average Bonchev–Trinajstić information content (AvgIpc) is 2.63. The van der Waals surface area contributed by atoms with Gasteiger partial charge in [-0.1, -0.05) is 30.3 Å². The summed E-state index contributed by atoms with van der Waals surface area (Å²) in [5.41, 5.74) is 1.38. The Hall–Kier alpha value is -2.64. The molecular weight excluding hydrogens is 346 g/mol. The van der Waals surface area contributed by atoms with Gasteiger partial charge in [0.1, 0.15) is 0 Å². The second-order valence-electron chi connectivity index (χ2n) is 5.32. The number of halogens is 2. The van der Waals surface area contributed by atoms with Gasteiger partial charge in [0.15, 0.2) is 11.6 Å². The maximum absolute atomic E-state index is 13.4. The summed E-state index contributed by atoms with van der Waals surface area (Å²) in [4.78, 5) is 3.58. The van der Waals surface area contributed by atoms with Gasteiger partial charge in [-0.2, -0.15) is 4.72 Å². The highest BCUT2D eigenvalue weighted by molar-refractivity contribution is 7.89. The highest BCUT2D eigenvalue weighted by Crippen LogP contribution is 2.24. The fourth-order valence-corrected chi connectivity index (χ4v) is 3.62. The molecule has 0 aliphatic rings. The topological polar surface area (TPSA) is 59.1 Å². The van der Waals surface area contributed by atoms with Gasteiger partial charge in [-0.3, -0.25) is 4.98 Å². The Morgan fingerprint density at radius 3 is 2.12 bits per heavy atom. The van der Waals surface area contributed by atoms with Crippen LogP contribution in [0.5, 0.6) is 0 Å². The Bertz CT molecular complexity index is 925. The van der Waals surface area contributed by atoms with E-state index in [1.54, 1.807) is 48.8 Å². The molecule has 0 saturated carbocycles. The van der Waals surface area contributed by atoms with Crippen LogP contribution in [0.3, 0.4) is 0 Å². The van der Waals surface area contributed by atoms with Crippen molar-refractivity contribution in [2.75, 3.05) is 0 Å². The third kappa shape index (κ3) is 3.89. The zero-order valence-corrected chi connectivity index (χ0v) is 13.7. The molecule has 7 heteroatoms. The van der Waals surface area contributed by atoms with Crippen molar-refractivity contribution < 1.29 is 17.2 Å². The van der Waals surface area contributed by atoms with Crippen molar-refractivity contribution >= 4 is 10.0 Å². The van der Waals surface area contributed by atoms with Crippen LogP contribution in [0.25, 0.3) is 0 Å². The van der Waals surface area contributed by atoms with Gasteiger partial charge in [0.05, 0.1) is 10.9 Å². The smallest absolute Gasteiger partial charge is 0.241 e. The summed E-state index contributed by atoms with van der Waals surface area (Å²) >= 11 is 0. The van der Waals surface area contributed by atoms with Crippen LogP contribution in [0.15, 0.2) is 78.0 Å². The number of hydrogen-bond donors (Lipinski definition) is 1. The number of sulfonamides is 1. The lowest BCUT2D eigenvalue weighted by Gasteiger charge is -2.19. The SMILES string of the molecule is O=S(=O)(NC(c1ccccc1)c1ccncc1)c1ccc(F)c(F)c1. The predicted octanol–water partition coefficient (Wildman–Crippen LogP) is 3.43. The summed E-state index contributed by atoms with van der Waals surface area (Å²) in [5.74, 6) is -2.32. The first-order valence-electron chi connectivity index (χ1n) is 7.39. The third-order valence-electron chi connectivity index (χ3n) is 3.65. The van der Waals surface area contributed by atoms with Crippen LogP contribution in [0, 0.1) is 11.6 Å². The summed E-state index contributed by atoms with van der Waals surface area (Å²) in [6.07, 6.45) is 3.11. The molecule has 0 aliphatic carbocycles. The van der Waals surface area contributed by atoms with Crippen molar-refractivity contribution in [3.05, 3.63) is 95.8 Å². The van der Waals surface area contributed by atoms with E-state index in [2.05, 4.69) is 9.71 Å². The molecule has 0 saturated heterocycles. The van der Waals surface area contributed by atoms with Gasteiger partial charge in [-0.25, -0.2) is 17.2 Å². The van der Waals surface area contributed by atoms with Crippen LogP contribution in [0.1, 0.15) is 17.2 Å². The molecule has 0 amide bonds. The quantitative estimate of drug-likeness (QED) is 0.758. The molecule has 1 N–H and O–H groups in total. The minimum atomic E-state index is -4.07. The van der Waals surface area contributed by atoms with E-state index in [9.17, 15) is 17.2 Å². The fraction of sp³-hybridized carbons (Fsp3) is 0.0556. The van der Waals surface area contributed by atoms with Gasteiger partial charge in [0.25, 0.3) is 0 Å². The first-order chi connectivity index (χ1) is 12.0. The van der Waals surface area contributed by atoms with Gasteiger partial charge in [-0.05, 0) is 41.5 Å². The molecule has 1 heterocycles. The molecule has 1 atom stereocenters. The molecule has 1 unspecified atom stereocenters. The average molecular weight is 360 g/mol. The van der Waals surface area contributed by atoms with E-state index in [1.807, 2.05) is 6.07 Å². The minimum Gasteiger partial charge on any atom is -0.265 e. The van der Waals surface area contributed by atoms with Crippen LogP contribution in [-0.4, -0.2) is 13.4 Å². The van der Waals surface area contributed by atoms with E-state index in [1.165, 1.54) is 0 Å². The molecule has 4 nitrogen and oxygen atoms in total. The molecule has 0 spiro atoms. The van der Waals surface area contributed by atoms with E-state index >= 15 is 0 Å². The molecule has 3 aromatic rings. The summed E-state index contributed by atoms with van der Waals surface area (Å²) in [6, 6.07) is 14.1. The van der Waals surface area contributed by atoms with Crippen molar-refractivity contribution in [1.82, 2.24) is 9.71 Å². The zero-order chi connectivity index (χ0) is 17.9. The number of hydrogen-bond acceptors (Lipinski definition) is 3. The summed E-state index contributed by atoms with van der Waals surface area (Å²) in [6.45, 7) is 0. The van der Waals surface area contributed by atoms with Crippen LogP contribution in [0.2, 0.25) is 0 Å². The number of rotatable bonds is 5. The molecule has 2 aromatic carbocycles. The highest BCUT2D eigenvalue weighted by atomic mass is 32.2. The lowest BCUT2D eigenvalue weighted by atomic mass is 10.0. The fourth-order valence-electron chi connectivity index (χ4n) is 2.40. The molecule has 25 heavy (non-hydrogen) atoms. The van der Waals surface area contributed by atoms with Gasteiger partial charge >= 0.3 is 0 Å². The van der Waals surface area contributed by atoms with E-state index in [0.29, 0.717) is 17.2 Å². The lowest BCUT2D eigenvalue weighted by Crippen LogP contribution is -2.29. The molecule has 3 rings (SSSR count). The number of benzene rings is 2. The maximum atomic E-state index is 13.4. The second kappa shape index (κ2) is 7.08. The lowest BCUT2D eigenvalue weighted by molar-refractivity contribution is 0.504. The Balaban J connectivity index is 2.01. The van der Waals surface area contributed by atoms with Crippen LogP contribution < -0.4 is 4.72 Å². The second-order valence-corrected chi connectivity index (χ2v) is 7.04. The summed E-state index contributed by atoms with van der Waals surface area (Å²) in [7, 11) is -4.07. The highest BCUT2D eigenvalue weighted by Gasteiger charge is 2.23. The van der Waals surface area contributed by atoms with Crippen molar-refractivity contribution in [2.24, 2.45) is 0 Å². The van der Waals surface area contributed by atoms with E-state index in [4.69, 9.17) is 0 Å². The maximum Gasteiger partial charge on any atom is 0.241 e. The minimum absolute atomic E-state index is 0.346.